The van der Waals surface area contributed by atoms with Crippen molar-refractivity contribution in [1.82, 2.24) is 24.6 Å². The van der Waals surface area contributed by atoms with Crippen LogP contribution in [0.4, 0.5) is 13.2 Å². The monoisotopic (exact) mass is 407 g/mol. The molecule has 2 aliphatic rings. The number of amides is 2. The fraction of sp³-hybridized carbons (Fsp3) is 0.474. The van der Waals surface area contributed by atoms with Gasteiger partial charge in [-0.3, -0.25) is 19.3 Å². The standard InChI is InChI=1S/C19H20F3N5O2/c20-19(21,22)16-5-4-13(11-23-16)17(28)25-7-9-26(10-8-25)18(29)14-12-24-27-6-2-1-3-15(14)27/h4-5,11-12H,1-3,6-10H2. The van der Waals surface area contributed by atoms with Gasteiger partial charge in [-0.1, -0.05) is 0 Å². The van der Waals surface area contributed by atoms with Crippen LogP contribution in [0.3, 0.4) is 0 Å². The van der Waals surface area contributed by atoms with Gasteiger partial charge in [-0.25, -0.2) is 0 Å². The lowest BCUT2D eigenvalue weighted by Gasteiger charge is -2.35. The minimum atomic E-state index is -4.54. The van der Waals surface area contributed by atoms with E-state index in [1.165, 1.54) is 4.90 Å². The molecule has 2 aromatic heterocycles. The SMILES string of the molecule is O=C(c1ccc(C(F)(F)F)nc1)N1CCN(C(=O)c2cnn3c2CCCC3)CC1. The molecule has 154 valence electrons. The normalized spacial score (nSPS) is 17.2. The molecule has 4 rings (SSSR count). The number of halogens is 3. The third-order valence-electron chi connectivity index (χ3n) is 5.37. The summed E-state index contributed by atoms with van der Waals surface area (Å²) < 4.78 is 39.7. The first-order valence-electron chi connectivity index (χ1n) is 9.51. The molecule has 0 atom stereocenters. The Bertz CT molecular complexity index is 915. The Morgan fingerprint density at radius 3 is 2.21 bits per heavy atom. The fourth-order valence-electron chi connectivity index (χ4n) is 3.75. The number of hydrogen-bond acceptors (Lipinski definition) is 4. The van der Waals surface area contributed by atoms with E-state index < -0.39 is 11.9 Å². The van der Waals surface area contributed by atoms with Gasteiger partial charge in [0.2, 0.25) is 0 Å². The molecule has 0 aromatic carbocycles. The van der Waals surface area contributed by atoms with Crippen LogP contribution in [-0.2, 0) is 19.1 Å². The molecule has 0 N–H and O–H groups in total. The lowest BCUT2D eigenvalue weighted by Crippen LogP contribution is -2.50. The van der Waals surface area contributed by atoms with Crippen LogP contribution >= 0.6 is 0 Å². The molecule has 0 spiro atoms. The number of nitrogens with zero attached hydrogens (tertiary/aromatic N) is 5. The lowest BCUT2D eigenvalue weighted by molar-refractivity contribution is -0.141. The molecule has 29 heavy (non-hydrogen) atoms. The molecular weight excluding hydrogens is 387 g/mol. The zero-order valence-electron chi connectivity index (χ0n) is 15.7. The first kappa shape index (κ1) is 19.4. The van der Waals surface area contributed by atoms with Crippen LogP contribution in [0, 0.1) is 0 Å². The number of carbonyl (C=O) groups is 2. The Balaban J connectivity index is 1.38. The number of fused-ring (bicyclic) bond motifs is 1. The maximum atomic E-state index is 12.9. The van der Waals surface area contributed by atoms with Crippen LogP contribution in [0.15, 0.2) is 24.5 Å². The van der Waals surface area contributed by atoms with E-state index in [-0.39, 0.29) is 17.4 Å². The Hall–Kier alpha value is -2.91. The molecule has 2 amide bonds. The van der Waals surface area contributed by atoms with Crippen LogP contribution in [-0.4, -0.2) is 62.6 Å². The van der Waals surface area contributed by atoms with Gasteiger partial charge in [0.25, 0.3) is 11.8 Å². The van der Waals surface area contributed by atoms with Crippen molar-refractivity contribution in [3.8, 4) is 0 Å². The van der Waals surface area contributed by atoms with E-state index in [9.17, 15) is 22.8 Å². The molecular formula is C19H20F3N5O2. The minimum Gasteiger partial charge on any atom is -0.335 e. The second-order valence-corrected chi connectivity index (χ2v) is 7.20. The van der Waals surface area contributed by atoms with Crippen molar-refractivity contribution in [1.29, 1.82) is 0 Å². The highest BCUT2D eigenvalue weighted by molar-refractivity contribution is 5.96. The number of carbonyl (C=O) groups excluding carboxylic acids is 2. The summed E-state index contributed by atoms with van der Waals surface area (Å²) in [6, 6.07) is 1.94. The molecule has 1 fully saturated rings. The largest absolute Gasteiger partial charge is 0.433 e. The van der Waals surface area contributed by atoms with Gasteiger partial charge in [0.1, 0.15) is 5.69 Å². The van der Waals surface area contributed by atoms with Gasteiger partial charge in [-0.05, 0) is 31.4 Å². The Kier molecular flexibility index (Phi) is 5.01. The van der Waals surface area contributed by atoms with Gasteiger partial charge < -0.3 is 9.80 Å². The molecule has 0 bridgehead atoms. The molecule has 0 aliphatic carbocycles. The van der Waals surface area contributed by atoms with E-state index in [0.717, 1.165) is 49.8 Å². The summed E-state index contributed by atoms with van der Waals surface area (Å²) in [4.78, 5) is 32.0. The van der Waals surface area contributed by atoms with Crippen molar-refractivity contribution in [2.45, 2.75) is 32.0 Å². The molecule has 2 aliphatic heterocycles. The average Bonchev–Trinajstić information content (AvgIpc) is 3.16. The topological polar surface area (TPSA) is 71.3 Å². The van der Waals surface area contributed by atoms with E-state index in [4.69, 9.17) is 0 Å². The summed E-state index contributed by atoms with van der Waals surface area (Å²) in [6.45, 7) is 2.18. The maximum Gasteiger partial charge on any atom is 0.433 e. The van der Waals surface area contributed by atoms with E-state index in [0.29, 0.717) is 31.7 Å². The fourth-order valence-corrected chi connectivity index (χ4v) is 3.75. The van der Waals surface area contributed by atoms with E-state index in [2.05, 4.69) is 10.1 Å². The summed E-state index contributed by atoms with van der Waals surface area (Å²) in [5.74, 6) is -0.474. The third-order valence-corrected chi connectivity index (χ3v) is 5.37. The third kappa shape index (κ3) is 3.83. The maximum absolute atomic E-state index is 12.9. The van der Waals surface area contributed by atoms with Crippen LogP contribution < -0.4 is 0 Å². The zero-order valence-corrected chi connectivity index (χ0v) is 15.7. The minimum absolute atomic E-state index is 0.0866. The summed E-state index contributed by atoms with van der Waals surface area (Å²) >= 11 is 0. The van der Waals surface area contributed by atoms with E-state index in [1.54, 1.807) is 11.1 Å². The Morgan fingerprint density at radius 2 is 1.59 bits per heavy atom. The Labute approximate surface area is 165 Å². The molecule has 10 heteroatoms. The second-order valence-electron chi connectivity index (χ2n) is 7.20. The molecule has 7 nitrogen and oxygen atoms in total. The van der Waals surface area contributed by atoms with Crippen LogP contribution in [0.1, 0.15) is 44.9 Å². The number of rotatable bonds is 2. The molecule has 2 aromatic rings. The highest BCUT2D eigenvalue weighted by Gasteiger charge is 2.33. The van der Waals surface area contributed by atoms with Crippen molar-refractivity contribution in [3.05, 3.63) is 47.0 Å². The number of piperazine rings is 1. The summed E-state index contributed by atoms with van der Waals surface area (Å²) in [7, 11) is 0. The average molecular weight is 407 g/mol. The highest BCUT2D eigenvalue weighted by Crippen LogP contribution is 2.27. The van der Waals surface area contributed by atoms with Crippen LogP contribution in [0.2, 0.25) is 0 Å². The molecule has 0 radical (unpaired) electrons. The van der Waals surface area contributed by atoms with Gasteiger partial charge in [0, 0.05) is 38.9 Å². The number of pyridine rings is 1. The molecule has 0 unspecified atom stereocenters. The quantitative estimate of drug-likeness (QED) is 0.766. The first-order valence-corrected chi connectivity index (χ1v) is 9.51. The second kappa shape index (κ2) is 7.49. The van der Waals surface area contributed by atoms with E-state index >= 15 is 0 Å². The van der Waals surface area contributed by atoms with Gasteiger partial charge in [-0.15, -0.1) is 0 Å². The Morgan fingerprint density at radius 1 is 0.897 bits per heavy atom. The molecule has 4 heterocycles. The van der Waals surface area contributed by atoms with Crippen molar-refractivity contribution < 1.29 is 22.8 Å². The summed E-state index contributed by atoms with van der Waals surface area (Å²) in [6.07, 6.45) is 0.953. The molecule has 0 saturated carbocycles. The van der Waals surface area contributed by atoms with Crippen molar-refractivity contribution in [2.75, 3.05) is 26.2 Å². The number of hydrogen-bond donors (Lipinski definition) is 0. The van der Waals surface area contributed by atoms with Crippen LogP contribution in [0.5, 0.6) is 0 Å². The van der Waals surface area contributed by atoms with Crippen molar-refractivity contribution in [2.24, 2.45) is 0 Å². The van der Waals surface area contributed by atoms with Crippen molar-refractivity contribution in [3.63, 3.8) is 0 Å². The van der Waals surface area contributed by atoms with Gasteiger partial charge in [0.15, 0.2) is 0 Å². The zero-order chi connectivity index (χ0) is 20.6. The first-order chi connectivity index (χ1) is 13.8. The molecule has 1 saturated heterocycles. The summed E-state index contributed by atoms with van der Waals surface area (Å²) in [5, 5.41) is 4.30. The van der Waals surface area contributed by atoms with E-state index in [1.807, 2.05) is 4.68 Å². The van der Waals surface area contributed by atoms with Gasteiger partial charge in [0.05, 0.1) is 23.0 Å². The number of aromatic nitrogens is 3. The smallest absolute Gasteiger partial charge is 0.335 e. The highest BCUT2D eigenvalue weighted by atomic mass is 19.4. The summed E-state index contributed by atoms with van der Waals surface area (Å²) in [5.41, 5.74) is 0.657. The number of aryl methyl sites for hydroxylation is 1. The van der Waals surface area contributed by atoms with Gasteiger partial charge >= 0.3 is 6.18 Å². The lowest BCUT2D eigenvalue weighted by atomic mass is 10.1. The van der Waals surface area contributed by atoms with Crippen molar-refractivity contribution >= 4 is 11.8 Å². The number of alkyl halides is 3. The van der Waals surface area contributed by atoms with Gasteiger partial charge in [-0.2, -0.15) is 18.3 Å². The predicted octanol–water partition coefficient (Wildman–Crippen LogP) is 2.23. The predicted molar refractivity (Wildman–Crippen MR) is 96.2 cm³/mol. The van der Waals surface area contributed by atoms with Crippen LogP contribution in [0.25, 0.3) is 0 Å².